The lowest BCUT2D eigenvalue weighted by Gasteiger charge is -2.04. The number of imidazole rings is 1. The number of nitrogens with zero attached hydrogens (tertiary/aromatic N) is 4. The molecule has 4 aromatic heterocycles. The molecule has 0 amide bonds. The van der Waals surface area contributed by atoms with Gasteiger partial charge in [-0.1, -0.05) is 5.16 Å². The Kier molecular flexibility index (Phi) is 2.47. The molecule has 0 aliphatic carbocycles. The van der Waals surface area contributed by atoms with Gasteiger partial charge in [0.2, 0.25) is 0 Å². The molecule has 4 aromatic rings. The van der Waals surface area contributed by atoms with E-state index < -0.39 is 0 Å². The highest BCUT2D eigenvalue weighted by Crippen LogP contribution is 2.25. The number of hydrogen-bond donors (Lipinski definition) is 1. The van der Waals surface area contributed by atoms with Crippen molar-refractivity contribution in [3.8, 4) is 22.5 Å². The maximum atomic E-state index is 5.86. The van der Waals surface area contributed by atoms with Gasteiger partial charge in [0, 0.05) is 23.6 Å². The molecule has 0 spiro atoms. The van der Waals surface area contributed by atoms with Crippen LogP contribution in [0.1, 0.15) is 0 Å². The van der Waals surface area contributed by atoms with E-state index in [9.17, 15) is 0 Å². The van der Waals surface area contributed by atoms with Gasteiger partial charge < -0.3 is 10.3 Å². The lowest BCUT2D eigenvalue weighted by atomic mass is 10.1. The van der Waals surface area contributed by atoms with Crippen LogP contribution in [0.2, 0.25) is 0 Å². The number of anilines is 1. The predicted octanol–water partition coefficient (Wildman–Crippen LogP) is 2.63. The molecule has 0 saturated carbocycles. The van der Waals surface area contributed by atoms with Gasteiger partial charge in [-0.2, -0.15) is 0 Å². The van der Waals surface area contributed by atoms with Gasteiger partial charge in [-0.05, 0) is 24.3 Å². The highest BCUT2D eigenvalue weighted by molar-refractivity contribution is 5.69. The zero-order valence-electron chi connectivity index (χ0n) is 11.0. The van der Waals surface area contributed by atoms with Gasteiger partial charge in [0.15, 0.2) is 0 Å². The number of hydrogen-bond acceptors (Lipinski definition) is 5. The van der Waals surface area contributed by atoms with Gasteiger partial charge in [-0.15, -0.1) is 0 Å². The van der Waals surface area contributed by atoms with E-state index in [1.807, 2.05) is 41.1 Å². The lowest BCUT2D eigenvalue weighted by molar-refractivity contribution is 0.420. The SMILES string of the molecule is Nc1ccc2ncc(-c3ccnc(-c4cnoc4)c3)n2c1. The number of aromatic nitrogens is 4. The number of nitrogen functional groups attached to an aromatic ring is 1. The molecule has 0 atom stereocenters. The largest absolute Gasteiger partial charge is 0.398 e. The van der Waals surface area contributed by atoms with Crippen LogP contribution in [0.5, 0.6) is 0 Å². The topological polar surface area (TPSA) is 82.2 Å². The van der Waals surface area contributed by atoms with Crippen LogP contribution in [-0.4, -0.2) is 19.5 Å². The van der Waals surface area contributed by atoms with Gasteiger partial charge >= 0.3 is 0 Å². The van der Waals surface area contributed by atoms with Crippen LogP contribution in [0.3, 0.4) is 0 Å². The summed E-state index contributed by atoms with van der Waals surface area (Å²) in [6, 6.07) is 7.63. The van der Waals surface area contributed by atoms with Gasteiger partial charge in [0.25, 0.3) is 0 Å². The van der Waals surface area contributed by atoms with Gasteiger partial charge in [0.1, 0.15) is 11.9 Å². The fourth-order valence-electron chi connectivity index (χ4n) is 2.29. The fourth-order valence-corrected chi connectivity index (χ4v) is 2.29. The van der Waals surface area contributed by atoms with E-state index in [1.165, 1.54) is 0 Å². The Bertz CT molecular complexity index is 911. The molecule has 4 heterocycles. The Morgan fingerprint density at radius 3 is 2.86 bits per heavy atom. The maximum Gasteiger partial charge on any atom is 0.137 e. The zero-order valence-corrected chi connectivity index (χ0v) is 11.0. The van der Waals surface area contributed by atoms with Crippen molar-refractivity contribution in [2.24, 2.45) is 0 Å². The molecule has 6 heteroatoms. The first-order valence-corrected chi connectivity index (χ1v) is 6.40. The summed E-state index contributed by atoms with van der Waals surface area (Å²) in [6.45, 7) is 0. The molecular formula is C15H11N5O. The van der Waals surface area contributed by atoms with E-state index in [0.717, 1.165) is 28.2 Å². The number of rotatable bonds is 2. The van der Waals surface area contributed by atoms with Crippen LogP contribution in [-0.2, 0) is 0 Å². The highest BCUT2D eigenvalue weighted by atomic mass is 16.5. The summed E-state index contributed by atoms with van der Waals surface area (Å²) >= 11 is 0. The molecular weight excluding hydrogens is 266 g/mol. The summed E-state index contributed by atoms with van der Waals surface area (Å²) in [7, 11) is 0. The molecule has 0 unspecified atom stereocenters. The molecule has 0 fully saturated rings. The molecule has 0 aromatic carbocycles. The van der Waals surface area contributed by atoms with Crippen molar-refractivity contribution in [2.45, 2.75) is 0 Å². The maximum absolute atomic E-state index is 5.86. The third kappa shape index (κ3) is 1.93. The summed E-state index contributed by atoms with van der Waals surface area (Å²) in [5, 5.41) is 3.70. The van der Waals surface area contributed by atoms with Crippen LogP contribution >= 0.6 is 0 Å². The first-order chi connectivity index (χ1) is 10.3. The molecule has 0 saturated heterocycles. The minimum Gasteiger partial charge on any atom is -0.398 e. The lowest BCUT2D eigenvalue weighted by Crippen LogP contribution is -1.93. The van der Waals surface area contributed by atoms with E-state index in [4.69, 9.17) is 10.3 Å². The van der Waals surface area contributed by atoms with Crippen LogP contribution in [0.15, 0.2) is 59.8 Å². The third-order valence-corrected chi connectivity index (χ3v) is 3.31. The van der Waals surface area contributed by atoms with Crippen LogP contribution in [0, 0.1) is 0 Å². The van der Waals surface area contributed by atoms with E-state index in [2.05, 4.69) is 15.1 Å². The van der Waals surface area contributed by atoms with Gasteiger partial charge in [0.05, 0.1) is 29.3 Å². The van der Waals surface area contributed by atoms with E-state index in [0.29, 0.717) is 5.69 Å². The Morgan fingerprint density at radius 2 is 2.00 bits per heavy atom. The zero-order chi connectivity index (χ0) is 14.2. The quantitative estimate of drug-likeness (QED) is 0.609. The van der Waals surface area contributed by atoms with Crippen LogP contribution < -0.4 is 5.73 Å². The summed E-state index contributed by atoms with van der Waals surface area (Å²) in [5.41, 5.74) is 11.0. The smallest absolute Gasteiger partial charge is 0.137 e. The molecule has 0 aliphatic heterocycles. The Hall–Kier alpha value is -3.15. The van der Waals surface area contributed by atoms with Crippen molar-refractivity contribution < 1.29 is 4.52 Å². The van der Waals surface area contributed by atoms with E-state index in [-0.39, 0.29) is 0 Å². The van der Waals surface area contributed by atoms with Crippen molar-refractivity contribution in [3.63, 3.8) is 0 Å². The normalized spacial score (nSPS) is 11.0. The minimum atomic E-state index is 0.690. The summed E-state index contributed by atoms with van der Waals surface area (Å²) in [5.74, 6) is 0. The molecule has 0 bridgehead atoms. The standard InChI is InChI=1S/C15H11N5O/c16-12-1-2-15-18-7-14(20(15)8-12)10-3-4-17-13(5-10)11-6-19-21-9-11/h1-9H,16H2. The summed E-state index contributed by atoms with van der Waals surface area (Å²) in [6.07, 6.45) is 8.64. The second kappa shape index (κ2) is 4.45. The fraction of sp³-hybridized carbons (Fsp3) is 0. The van der Waals surface area contributed by atoms with Gasteiger partial charge in [-0.3, -0.25) is 9.38 Å². The number of pyridine rings is 2. The average molecular weight is 277 g/mol. The number of nitrogens with two attached hydrogens (primary N) is 1. The van der Waals surface area contributed by atoms with Crippen molar-refractivity contribution >= 4 is 11.3 Å². The van der Waals surface area contributed by atoms with Crippen molar-refractivity contribution in [2.75, 3.05) is 5.73 Å². The first kappa shape index (κ1) is 11.7. The second-order valence-corrected chi connectivity index (χ2v) is 4.68. The Morgan fingerprint density at radius 1 is 1.05 bits per heavy atom. The molecule has 102 valence electrons. The Balaban J connectivity index is 1.89. The first-order valence-electron chi connectivity index (χ1n) is 6.40. The highest BCUT2D eigenvalue weighted by Gasteiger charge is 2.09. The van der Waals surface area contributed by atoms with E-state index >= 15 is 0 Å². The van der Waals surface area contributed by atoms with Crippen LogP contribution in [0.4, 0.5) is 5.69 Å². The van der Waals surface area contributed by atoms with E-state index in [1.54, 1.807) is 18.7 Å². The third-order valence-electron chi connectivity index (χ3n) is 3.31. The summed E-state index contributed by atoms with van der Waals surface area (Å²) < 4.78 is 6.82. The number of fused-ring (bicyclic) bond motifs is 1. The molecule has 4 rings (SSSR count). The summed E-state index contributed by atoms with van der Waals surface area (Å²) in [4.78, 5) is 8.72. The second-order valence-electron chi connectivity index (χ2n) is 4.68. The van der Waals surface area contributed by atoms with Crippen LogP contribution in [0.25, 0.3) is 28.2 Å². The minimum absolute atomic E-state index is 0.690. The Labute approximate surface area is 119 Å². The van der Waals surface area contributed by atoms with Crippen molar-refractivity contribution in [3.05, 3.63) is 55.3 Å². The average Bonchev–Trinajstić information content (AvgIpc) is 3.16. The molecule has 0 radical (unpaired) electrons. The molecule has 21 heavy (non-hydrogen) atoms. The van der Waals surface area contributed by atoms with Gasteiger partial charge in [-0.25, -0.2) is 4.98 Å². The molecule has 2 N–H and O–H groups in total. The van der Waals surface area contributed by atoms with Crippen molar-refractivity contribution in [1.82, 2.24) is 19.5 Å². The molecule has 6 nitrogen and oxygen atoms in total. The predicted molar refractivity (Wildman–Crippen MR) is 78.3 cm³/mol. The molecule has 0 aliphatic rings. The monoisotopic (exact) mass is 277 g/mol. The van der Waals surface area contributed by atoms with Crippen molar-refractivity contribution in [1.29, 1.82) is 0 Å².